The van der Waals surface area contributed by atoms with Gasteiger partial charge < -0.3 is 14.8 Å². The molecular weight excluding hydrogens is 250 g/mol. The van der Waals surface area contributed by atoms with Crippen LogP contribution in [0.5, 0.6) is 11.5 Å². The van der Waals surface area contributed by atoms with Gasteiger partial charge in [-0.3, -0.25) is 0 Å². The summed E-state index contributed by atoms with van der Waals surface area (Å²) in [5, 5.41) is 3.74. The van der Waals surface area contributed by atoms with Crippen LogP contribution in [-0.2, 0) is 0 Å². The summed E-state index contributed by atoms with van der Waals surface area (Å²) in [7, 11) is 3.37. The summed E-state index contributed by atoms with van der Waals surface area (Å²) in [6, 6.07) is 4.70. The molecule has 2 rings (SSSR count). The fraction of sp³-hybridized carbons (Fsp3) is 0.647. The Labute approximate surface area is 122 Å². The number of benzene rings is 1. The van der Waals surface area contributed by atoms with Crippen molar-refractivity contribution in [1.29, 1.82) is 0 Å². The van der Waals surface area contributed by atoms with Gasteiger partial charge in [0.15, 0.2) is 11.5 Å². The first-order valence-electron chi connectivity index (χ1n) is 7.68. The van der Waals surface area contributed by atoms with Crippen molar-refractivity contribution in [1.82, 2.24) is 0 Å². The average molecular weight is 277 g/mol. The van der Waals surface area contributed by atoms with Crippen molar-refractivity contribution in [2.75, 3.05) is 19.5 Å². The molecule has 1 aromatic rings. The molecule has 2 unspecified atom stereocenters. The first kappa shape index (κ1) is 15.0. The van der Waals surface area contributed by atoms with Gasteiger partial charge in [0.25, 0.3) is 0 Å². The summed E-state index contributed by atoms with van der Waals surface area (Å²) in [5.41, 5.74) is 2.39. The van der Waals surface area contributed by atoms with E-state index < -0.39 is 0 Å². The molecular formula is C17H27NO2. The average Bonchev–Trinajstić information content (AvgIpc) is 2.49. The molecule has 0 heterocycles. The molecule has 3 nitrogen and oxygen atoms in total. The predicted molar refractivity (Wildman–Crippen MR) is 83.9 cm³/mol. The Morgan fingerprint density at radius 3 is 2.40 bits per heavy atom. The van der Waals surface area contributed by atoms with E-state index in [9.17, 15) is 0 Å². The van der Waals surface area contributed by atoms with Crippen molar-refractivity contribution >= 4 is 5.69 Å². The highest BCUT2D eigenvalue weighted by molar-refractivity contribution is 5.60. The topological polar surface area (TPSA) is 30.5 Å². The lowest BCUT2D eigenvalue weighted by Crippen LogP contribution is -2.32. The summed E-state index contributed by atoms with van der Waals surface area (Å²) in [5.74, 6) is 2.38. The van der Waals surface area contributed by atoms with Crippen LogP contribution in [0.2, 0.25) is 0 Å². The van der Waals surface area contributed by atoms with Gasteiger partial charge in [-0.2, -0.15) is 0 Å². The molecule has 1 aromatic carbocycles. The van der Waals surface area contributed by atoms with Crippen molar-refractivity contribution in [2.45, 2.75) is 52.0 Å². The van der Waals surface area contributed by atoms with E-state index in [1.807, 2.05) is 6.07 Å². The van der Waals surface area contributed by atoms with E-state index in [-0.39, 0.29) is 0 Å². The zero-order valence-electron chi connectivity index (χ0n) is 13.2. The highest BCUT2D eigenvalue weighted by Crippen LogP contribution is 2.35. The van der Waals surface area contributed by atoms with Gasteiger partial charge in [0.05, 0.1) is 14.2 Å². The minimum atomic E-state index is 0.588. The number of rotatable bonds is 5. The molecule has 1 saturated carbocycles. The van der Waals surface area contributed by atoms with Crippen LogP contribution in [0.3, 0.4) is 0 Å². The number of anilines is 1. The Bertz CT molecular complexity index is 445. The monoisotopic (exact) mass is 277 g/mol. The Kier molecular flexibility index (Phi) is 5.16. The van der Waals surface area contributed by atoms with Crippen LogP contribution in [0.4, 0.5) is 5.69 Å². The molecule has 1 N–H and O–H groups in total. The second-order valence-corrected chi connectivity index (χ2v) is 5.73. The van der Waals surface area contributed by atoms with Gasteiger partial charge in [0, 0.05) is 17.8 Å². The van der Waals surface area contributed by atoms with Crippen LogP contribution in [0.25, 0.3) is 0 Å². The van der Waals surface area contributed by atoms with Crippen LogP contribution < -0.4 is 14.8 Å². The third kappa shape index (κ3) is 3.20. The summed E-state index contributed by atoms with van der Waals surface area (Å²) in [6.45, 7) is 4.42. The zero-order valence-corrected chi connectivity index (χ0v) is 13.2. The standard InChI is InChI=1S/C17H27NO2/c1-5-13-8-6-7-9-14(13)18-15-11-17(20-4)16(19-3)10-12(15)2/h10-11,13-14,18H,5-9H2,1-4H3. The molecule has 2 atom stereocenters. The molecule has 1 fully saturated rings. The fourth-order valence-electron chi connectivity index (χ4n) is 3.22. The molecule has 1 aliphatic rings. The quantitative estimate of drug-likeness (QED) is 0.865. The Morgan fingerprint density at radius 1 is 1.10 bits per heavy atom. The fourth-order valence-corrected chi connectivity index (χ4v) is 3.22. The number of methoxy groups -OCH3 is 2. The van der Waals surface area contributed by atoms with Gasteiger partial charge in [0.1, 0.15) is 0 Å². The van der Waals surface area contributed by atoms with E-state index >= 15 is 0 Å². The van der Waals surface area contributed by atoms with Crippen LogP contribution in [-0.4, -0.2) is 20.3 Å². The largest absolute Gasteiger partial charge is 0.493 e. The van der Waals surface area contributed by atoms with Gasteiger partial charge in [-0.15, -0.1) is 0 Å². The number of nitrogens with one attached hydrogen (secondary N) is 1. The van der Waals surface area contributed by atoms with Gasteiger partial charge in [-0.25, -0.2) is 0 Å². The van der Waals surface area contributed by atoms with E-state index in [1.165, 1.54) is 43.4 Å². The third-order valence-corrected chi connectivity index (χ3v) is 4.50. The molecule has 20 heavy (non-hydrogen) atoms. The summed E-state index contributed by atoms with van der Waals surface area (Å²) in [6.07, 6.45) is 6.58. The Morgan fingerprint density at radius 2 is 1.75 bits per heavy atom. The Balaban J connectivity index is 2.19. The van der Waals surface area contributed by atoms with Gasteiger partial charge in [-0.1, -0.05) is 26.2 Å². The first-order valence-corrected chi connectivity index (χ1v) is 7.68. The summed E-state index contributed by atoms with van der Waals surface area (Å²) >= 11 is 0. The van der Waals surface area contributed by atoms with Crippen molar-refractivity contribution in [2.24, 2.45) is 5.92 Å². The molecule has 112 valence electrons. The van der Waals surface area contributed by atoms with Crippen molar-refractivity contribution in [3.05, 3.63) is 17.7 Å². The molecule has 0 saturated heterocycles. The minimum Gasteiger partial charge on any atom is -0.493 e. The highest BCUT2D eigenvalue weighted by atomic mass is 16.5. The van der Waals surface area contributed by atoms with Crippen LogP contribution in [0.15, 0.2) is 12.1 Å². The number of hydrogen-bond acceptors (Lipinski definition) is 3. The van der Waals surface area contributed by atoms with E-state index in [0.717, 1.165) is 17.4 Å². The van der Waals surface area contributed by atoms with Crippen molar-refractivity contribution in [3.8, 4) is 11.5 Å². The SMILES string of the molecule is CCC1CCCCC1Nc1cc(OC)c(OC)cc1C. The minimum absolute atomic E-state index is 0.588. The Hall–Kier alpha value is -1.38. The zero-order chi connectivity index (χ0) is 14.5. The maximum atomic E-state index is 5.41. The van der Waals surface area contributed by atoms with E-state index in [4.69, 9.17) is 9.47 Å². The molecule has 1 aliphatic carbocycles. The van der Waals surface area contributed by atoms with E-state index in [0.29, 0.717) is 6.04 Å². The molecule has 0 radical (unpaired) electrons. The maximum absolute atomic E-state index is 5.41. The van der Waals surface area contributed by atoms with Gasteiger partial charge >= 0.3 is 0 Å². The molecule has 0 aliphatic heterocycles. The summed E-state index contributed by atoms with van der Waals surface area (Å²) < 4.78 is 10.8. The number of aryl methyl sites for hydroxylation is 1. The normalized spacial score (nSPS) is 22.4. The lowest BCUT2D eigenvalue weighted by Gasteiger charge is -2.33. The maximum Gasteiger partial charge on any atom is 0.162 e. The van der Waals surface area contributed by atoms with E-state index in [2.05, 4.69) is 25.2 Å². The molecule has 0 amide bonds. The van der Waals surface area contributed by atoms with Crippen molar-refractivity contribution < 1.29 is 9.47 Å². The lowest BCUT2D eigenvalue weighted by atomic mass is 9.82. The lowest BCUT2D eigenvalue weighted by molar-refractivity contribution is 0.317. The van der Waals surface area contributed by atoms with Crippen molar-refractivity contribution in [3.63, 3.8) is 0 Å². The molecule has 0 aromatic heterocycles. The van der Waals surface area contributed by atoms with Crippen LogP contribution in [0, 0.1) is 12.8 Å². The second-order valence-electron chi connectivity index (χ2n) is 5.73. The molecule has 0 spiro atoms. The third-order valence-electron chi connectivity index (χ3n) is 4.50. The molecule has 3 heteroatoms. The van der Waals surface area contributed by atoms with E-state index in [1.54, 1.807) is 14.2 Å². The smallest absolute Gasteiger partial charge is 0.162 e. The first-order chi connectivity index (χ1) is 9.69. The number of hydrogen-bond donors (Lipinski definition) is 1. The van der Waals surface area contributed by atoms with Crippen LogP contribution >= 0.6 is 0 Å². The summed E-state index contributed by atoms with van der Waals surface area (Å²) in [4.78, 5) is 0. The van der Waals surface area contributed by atoms with Crippen LogP contribution in [0.1, 0.15) is 44.6 Å². The molecule has 0 bridgehead atoms. The number of ether oxygens (including phenoxy) is 2. The predicted octanol–water partition coefficient (Wildman–Crippen LogP) is 4.39. The van der Waals surface area contributed by atoms with Gasteiger partial charge in [0.2, 0.25) is 0 Å². The highest BCUT2D eigenvalue weighted by Gasteiger charge is 2.24. The van der Waals surface area contributed by atoms with Gasteiger partial charge in [-0.05, 0) is 37.3 Å². The second kappa shape index (κ2) is 6.87.